The second-order valence-corrected chi connectivity index (χ2v) is 11.7. The molecule has 0 unspecified atom stereocenters. The minimum atomic E-state index is -3.47. The van der Waals surface area contributed by atoms with Crippen molar-refractivity contribution in [3.8, 4) is 12.1 Å². The molecule has 1 aromatic carbocycles. The number of methoxy groups -OCH3 is 1. The standard InChI is InChI=1S/C27H29N9O3S2/c1-5-41(37,38)15-13-36(3)26-24(19(2)22(18-29)25(31-26)30-12-9-14-39-4)34-35-27-20(17-28)16-23(40-27)33-32-21-10-7-6-8-11-21/h5-8,10-11,16H,1,9,12-15H2,2-4H3,(H,30,31)/b33-32+,35-34+. The molecule has 2 aromatic heterocycles. The number of anilines is 2. The van der Waals surface area contributed by atoms with E-state index >= 15 is 0 Å². The largest absolute Gasteiger partial charge is 0.385 e. The molecule has 0 bridgehead atoms. The molecule has 0 aliphatic rings. The van der Waals surface area contributed by atoms with Crippen molar-refractivity contribution in [3.63, 3.8) is 0 Å². The second kappa shape index (κ2) is 14.8. The van der Waals surface area contributed by atoms with Crippen LogP contribution < -0.4 is 10.2 Å². The Hall–Kier alpha value is -4.50. The molecule has 3 rings (SSSR count). The number of benzene rings is 1. The smallest absolute Gasteiger partial charge is 0.172 e. The number of rotatable bonds is 14. The van der Waals surface area contributed by atoms with Crippen molar-refractivity contribution in [1.82, 2.24) is 4.98 Å². The molecule has 0 aliphatic heterocycles. The van der Waals surface area contributed by atoms with Crippen molar-refractivity contribution < 1.29 is 13.2 Å². The SMILES string of the molecule is C=CS(=O)(=O)CCN(C)c1nc(NCCCOC)c(C#N)c(C)c1/N=N/c1sc(/N=N/c2ccccc2)cc1C#N. The van der Waals surface area contributed by atoms with Crippen molar-refractivity contribution in [2.75, 3.05) is 49.8 Å². The summed E-state index contributed by atoms with van der Waals surface area (Å²) in [5, 5.41) is 41.5. The molecule has 0 fully saturated rings. The highest BCUT2D eigenvalue weighted by molar-refractivity contribution is 7.94. The van der Waals surface area contributed by atoms with Crippen LogP contribution in [0, 0.1) is 29.6 Å². The molecule has 1 N–H and O–H groups in total. The minimum Gasteiger partial charge on any atom is -0.385 e. The van der Waals surface area contributed by atoms with Crippen molar-refractivity contribution in [1.29, 1.82) is 10.5 Å². The summed E-state index contributed by atoms with van der Waals surface area (Å²) in [5.74, 6) is 0.462. The van der Waals surface area contributed by atoms with Crippen LogP contribution in [-0.2, 0) is 14.6 Å². The Labute approximate surface area is 243 Å². The zero-order chi connectivity index (χ0) is 29.8. The third kappa shape index (κ3) is 8.49. The van der Waals surface area contributed by atoms with E-state index in [-0.39, 0.29) is 29.1 Å². The molecule has 12 nitrogen and oxygen atoms in total. The number of pyridine rings is 1. The summed E-state index contributed by atoms with van der Waals surface area (Å²) in [4.78, 5) is 6.26. The fraction of sp³-hybridized carbons (Fsp3) is 0.296. The highest BCUT2D eigenvalue weighted by Gasteiger charge is 2.21. The van der Waals surface area contributed by atoms with Gasteiger partial charge in [0.05, 0.1) is 22.6 Å². The van der Waals surface area contributed by atoms with Gasteiger partial charge in [0.15, 0.2) is 20.7 Å². The molecule has 0 saturated heterocycles. The lowest BCUT2D eigenvalue weighted by Gasteiger charge is -2.22. The number of azo groups is 2. The van der Waals surface area contributed by atoms with Crippen molar-refractivity contribution in [2.24, 2.45) is 20.5 Å². The molecule has 41 heavy (non-hydrogen) atoms. The fourth-order valence-electron chi connectivity index (χ4n) is 3.48. The van der Waals surface area contributed by atoms with E-state index in [9.17, 15) is 18.9 Å². The number of nitrogens with zero attached hydrogens (tertiary/aromatic N) is 8. The normalized spacial score (nSPS) is 11.4. The van der Waals surface area contributed by atoms with E-state index in [0.717, 1.165) is 16.7 Å². The van der Waals surface area contributed by atoms with Crippen LogP contribution in [0.1, 0.15) is 23.1 Å². The molecule has 2 heterocycles. The zero-order valence-electron chi connectivity index (χ0n) is 22.9. The Kier molecular flexibility index (Phi) is 11.2. The quantitative estimate of drug-likeness (QED) is 0.164. The fourth-order valence-corrected chi connectivity index (χ4v) is 4.92. The molecular weight excluding hydrogens is 562 g/mol. The van der Waals surface area contributed by atoms with Crippen LogP contribution in [0.25, 0.3) is 0 Å². The van der Waals surface area contributed by atoms with Gasteiger partial charge in [0.1, 0.15) is 28.6 Å². The molecular formula is C27H29N9O3S2. The molecule has 14 heteroatoms. The van der Waals surface area contributed by atoms with Crippen LogP contribution in [0.5, 0.6) is 0 Å². The van der Waals surface area contributed by atoms with E-state index in [0.29, 0.717) is 52.5 Å². The summed E-state index contributed by atoms with van der Waals surface area (Å²) >= 11 is 1.13. The van der Waals surface area contributed by atoms with Gasteiger partial charge in [-0.2, -0.15) is 10.5 Å². The molecule has 0 amide bonds. The van der Waals surface area contributed by atoms with Crippen LogP contribution in [-0.4, -0.2) is 53.0 Å². The van der Waals surface area contributed by atoms with E-state index < -0.39 is 9.84 Å². The number of ether oxygens (including phenoxy) is 1. The molecule has 0 atom stereocenters. The first kappa shape index (κ1) is 31.0. The van der Waals surface area contributed by atoms with E-state index in [1.54, 1.807) is 44.2 Å². The van der Waals surface area contributed by atoms with Gasteiger partial charge in [-0.3, -0.25) is 0 Å². The molecule has 0 aliphatic carbocycles. The maximum absolute atomic E-state index is 12.1. The van der Waals surface area contributed by atoms with Gasteiger partial charge in [-0.05, 0) is 31.5 Å². The van der Waals surface area contributed by atoms with E-state index in [1.807, 2.05) is 18.2 Å². The third-order valence-corrected chi connectivity index (χ3v) is 7.90. The van der Waals surface area contributed by atoms with Crippen molar-refractivity contribution >= 4 is 54.2 Å². The first-order valence-electron chi connectivity index (χ1n) is 12.4. The molecule has 0 radical (unpaired) electrons. The predicted molar refractivity (Wildman–Crippen MR) is 160 cm³/mol. The summed E-state index contributed by atoms with van der Waals surface area (Å²) < 4.78 is 29.2. The number of hydrogen-bond acceptors (Lipinski definition) is 13. The maximum atomic E-state index is 12.1. The summed E-state index contributed by atoms with van der Waals surface area (Å²) in [6.45, 7) is 6.20. The molecule has 212 valence electrons. The van der Waals surface area contributed by atoms with E-state index in [4.69, 9.17) is 4.74 Å². The van der Waals surface area contributed by atoms with Gasteiger partial charge < -0.3 is 15.0 Å². The lowest BCUT2D eigenvalue weighted by molar-refractivity contribution is 0.198. The van der Waals surface area contributed by atoms with Gasteiger partial charge in [-0.15, -0.1) is 20.5 Å². The number of hydrogen-bond donors (Lipinski definition) is 1. The third-order valence-electron chi connectivity index (χ3n) is 5.73. The Morgan fingerprint density at radius 1 is 1.17 bits per heavy atom. The van der Waals surface area contributed by atoms with Gasteiger partial charge in [-0.1, -0.05) is 36.1 Å². The van der Waals surface area contributed by atoms with Gasteiger partial charge in [-0.25, -0.2) is 13.4 Å². The number of thiophene rings is 1. The van der Waals surface area contributed by atoms with Gasteiger partial charge in [0.25, 0.3) is 0 Å². The van der Waals surface area contributed by atoms with Gasteiger partial charge >= 0.3 is 0 Å². The highest BCUT2D eigenvalue weighted by atomic mass is 32.2. The number of sulfone groups is 1. The summed E-state index contributed by atoms with van der Waals surface area (Å²) in [5.41, 5.74) is 1.96. The Balaban J connectivity index is 2.02. The minimum absolute atomic E-state index is 0.0881. The van der Waals surface area contributed by atoms with Crippen molar-refractivity contribution in [2.45, 2.75) is 13.3 Å². The number of nitrogens with one attached hydrogen (secondary N) is 1. The summed E-state index contributed by atoms with van der Waals surface area (Å²) in [6.07, 6.45) is 0.686. The van der Waals surface area contributed by atoms with Gasteiger partial charge in [0.2, 0.25) is 0 Å². The Morgan fingerprint density at radius 2 is 1.93 bits per heavy atom. The predicted octanol–water partition coefficient (Wildman–Crippen LogP) is 6.47. The average Bonchev–Trinajstić information content (AvgIpc) is 3.39. The molecule has 0 saturated carbocycles. The number of nitriles is 2. The van der Waals surface area contributed by atoms with Crippen LogP contribution in [0.3, 0.4) is 0 Å². The average molecular weight is 592 g/mol. The lowest BCUT2D eigenvalue weighted by atomic mass is 10.1. The number of aromatic nitrogens is 1. The van der Waals surface area contributed by atoms with E-state index in [2.05, 4.69) is 49.5 Å². The highest BCUT2D eigenvalue weighted by Crippen LogP contribution is 2.40. The maximum Gasteiger partial charge on any atom is 0.172 e. The Morgan fingerprint density at radius 3 is 2.59 bits per heavy atom. The zero-order valence-corrected chi connectivity index (χ0v) is 24.5. The molecule has 3 aromatic rings. The van der Waals surface area contributed by atoms with Crippen LogP contribution >= 0.6 is 11.3 Å². The first-order valence-corrected chi connectivity index (χ1v) is 14.9. The van der Waals surface area contributed by atoms with E-state index in [1.165, 1.54) is 0 Å². The van der Waals surface area contributed by atoms with Crippen LogP contribution in [0.15, 0.2) is 68.8 Å². The topological polar surface area (TPSA) is 169 Å². The second-order valence-electron chi connectivity index (χ2n) is 8.62. The summed E-state index contributed by atoms with van der Waals surface area (Å²) in [6, 6.07) is 15.0. The van der Waals surface area contributed by atoms with Crippen LogP contribution in [0.4, 0.5) is 33.0 Å². The monoisotopic (exact) mass is 591 g/mol. The van der Waals surface area contributed by atoms with Crippen LogP contribution in [0.2, 0.25) is 0 Å². The summed E-state index contributed by atoms with van der Waals surface area (Å²) in [7, 11) is -0.192. The first-order chi connectivity index (χ1) is 19.7. The Bertz CT molecular complexity index is 1620. The molecule has 0 spiro atoms. The van der Waals surface area contributed by atoms with Crippen molar-refractivity contribution in [3.05, 3.63) is 65.1 Å². The lowest BCUT2D eigenvalue weighted by Crippen LogP contribution is -2.26. The van der Waals surface area contributed by atoms with Gasteiger partial charge in [0, 0.05) is 44.8 Å².